The summed E-state index contributed by atoms with van der Waals surface area (Å²) in [6.07, 6.45) is 20.7. The molecule has 2 aromatic rings. The number of allylic oxidation sites excluding steroid dienone is 1. The zero-order valence-corrected chi connectivity index (χ0v) is 21.7. The molecule has 2 aliphatic carbocycles. The van der Waals surface area contributed by atoms with Gasteiger partial charge in [0.25, 0.3) is 0 Å². The van der Waals surface area contributed by atoms with Crippen LogP contribution in [0.3, 0.4) is 0 Å². The third kappa shape index (κ3) is 7.24. The van der Waals surface area contributed by atoms with Crippen molar-refractivity contribution in [2.45, 2.75) is 103 Å². The molecule has 0 aromatic heterocycles. The van der Waals surface area contributed by atoms with Crippen LogP contribution in [0.2, 0.25) is 0 Å². The molecule has 0 radical (unpaired) electrons. The number of unbranched alkanes of at least 4 members (excludes halogenated alkanes) is 2. The molecule has 0 N–H and O–H groups in total. The van der Waals surface area contributed by atoms with Crippen LogP contribution in [0.4, 0.5) is 0 Å². The second-order valence-corrected chi connectivity index (χ2v) is 10.9. The van der Waals surface area contributed by atoms with Crippen LogP contribution in [0.15, 0.2) is 60.7 Å². The van der Waals surface area contributed by atoms with Crippen LogP contribution in [0.25, 0.3) is 0 Å². The van der Waals surface area contributed by atoms with Crippen molar-refractivity contribution in [3.8, 4) is 5.75 Å². The molecule has 4 rings (SSSR count). The Balaban J connectivity index is 1.21. The van der Waals surface area contributed by atoms with Crippen LogP contribution in [0, 0.1) is 11.8 Å². The van der Waals surface area contributed by atoms with Crippen molar-refractivity contribution in [3.63, 3.8) is 0 Å². The van der Waals surface area contributed by atoms with Crippen molar-refractivity contribution in [2.24, 2.45) is 11.8 Å². The molecule has 2 unspecified atom stereocenters. The van der Waals surface area contributed by atoms with Crippen molar-refractivity contribution in [1.29, 1.82) is 0 Å². The molecule has 1 fully saturated rings. The lowest BCUT2D eigenvalue weighted by Crippen LogP contribution is -2.15. The highest BCUT2D eigenvalue weighted by Crippen LogP contribution is 2.38. The number of benzene rings is 2. The first-order chi connectivity index (χ1) is 16.7. The van der Waals surface area contributed by atoms with E-state index < -0.39 is 0 Å². The molecule has 2 aromatic carbocycles. The average molecular weight is 459 g/mol. The summed E-state index contributed by atoms with van der Waals surface area (Å²) in [4.78, 5) is 0. The fourth-order valence-electron chi connectivity index (χ4n) is 6.04. The Bertz CT molecular complexity index is 854. The minimum absolute atomic E-state index is 0.526. The zero-order valence-electron chi connectivity index (χ0n) is 21.7. The molecule has 34 heavy (non-hydrogen) atoms. The topological polar surface area (TPSA) is 9.23 Å². The second-order valence-electron chi connectivity index (χ2n) is 10.9. The molecule has 0 heterocycles. The summed E-state index contributed by atoms with van der Waals surface area (Å²) in [7, 11) is 0. The summed E-state index contributed by atoms with van der Waals surface area (Å²) >= 11 is 0. The van der Waals surface area contributed by atoms with Crippen molar-refractivity contribution in [3.05, 3.63) is 77.4 Å². The summed E-state index contributed by atoms with van der Waals surface area (Å²) in [5.74, 6) is 3.87. The van der Waals surface area contributed by atoms with Gasteiger partial charge in [-0.2, -0.15) is 0 Å². The molecule has 184 valence electrons. The highest BCUT2D eigenvalue weighted by atomic mass is 16.5. The van der Waals surface area contributed by atoms with Gasteiger partial charge in [-0.25, -0.2) is 0 Å². The van der Waals surface area contributed by atoms with E-state index in [0.717, 1.165) is 24.2 Å². The minimum Gasteiger partial charge on any atom is -0.493 e. The quantitative estimate of drug-likeness (QED) is 0.240. The molecule has 0 amide bonds. The van der Waals surface area contributed by atoms with Gasteiger partial charge in [0.15, 0.2) is 0 Å². The minimum atomic E-state index is 0.526. The Morgan fingerprint density at radius 2 is 1.44 bits per heavy atom. The van der Waals surface area contributed by atoms with Gasteiger partial charge in [-0.05, 0) is 92.0 Å². The monoisotopic (exact) mass is 458 g/mol. The van der Waals surface area contributed by atoms with E-state index in [1.165, 1.54) is 88.2 Å². The normalized spacial score (nSPS) is 24.8. The van der Waals surface area contributed by atoms with Crippen molar-refractivity contribution < 1.29 is 4.74 Å². The number of hydrogen-bond donors (Lipinski definition) is 0. The van der Waals surface area contributed by atoms with Gasteiger partial charge in [-0.15, -0.1) is 0 Å². The van der Waals surface area contributed by atoms with Crippen LogP contribution >= 0.6 is 0 Å². The highest BCUT2D eigenvalue weighted by molar-refractivity contribution is 5.31. The van der Waals surface area contributed by atoms with E-state index in [2.05, 4.69) is 74.5 Å². The van der Waals surface area contributed by atoms with Crippen LogP contribution < -0.4 is 4.74 Å². The first-order valence-corrected chi connectivity index (χ1v) is 14.2. The Morgan fingerprint density at radius 1 is 0.706 bits per heavy atom. The van der Waals surface area contributed by atoms with Gasteiger partial charge in [0.1, 0.15) is 5.75 Å². The second kappa shape index (κ2) is 13.2. The lowest BCUT2D eigenvalue weighted by atomic mass is 9.77. The van der Waals surface area contributed by atoms with Crippen LogP contribution in [-0.2, 0) is 6.42 Å². The molecule has 1 saturated carbocycles. The molecular weight excluding hydrogens is 412 g/mol. The van der Waals surface area contributed by atoms with Gasteiger partial charge in [0.2, 0.25) is 0 Å². The predicted octanol–water partition coefficient (Wildman–Crippen LogP) is 9.62. The fourth-order valence-corrected chi connectivity index (χ4v) is 6.04. The maximum Gasteiger partial charge on any atom is 0.119 e. The largest absolute Gasteiger partial charge is 0.493 e. The molecule has 1 nitrogen and oxygen atoms in total. The summed E-state index contributed by atoms with van der Waals surface area (Å²) in [6, 6.07) is 18.4. The molecule has 2 aliphatic rings. The Labute approximate surface area is 209 Å². The lowest BCUT2D eigenvalue weighted by Gasteiger charge is -2.29. The van der Waals surface area contributed by atoms with Crippen LogP contribution in [0.1, 0.15) is 113 Å². The van der Waals surface area contributed by atoms with E-state index in [4.69, 9.17) is 4.74 Å². The van der Waals surface area contributed by atoms with E-state index in [1.807, 2.05) is 0 Å². The van der Waals surface area contributed by atoms with Crippen LogP contribution in [0.5, 0.6) is 5.75 Å². The van der Waals surface area contributed by atoms with Gasteiger partial charge >= 0.3 is 0 Å². The van der Waals surface area contributed by atoms with E-state index in [-0.39, 0.29) is 0 Å². The van der Waals surface area contributed by atoms with E-state index >= 15 is 0 Å². The molecule has 1 heteroatoms. The third-order valence-corrected chi connectivity index (χ3v) is 8.30. The van der Waals surface area contributed by atoms with E-state index in [0.29, 0.717) is 11.8 Å². The van der Waals surface area contributed by atoms with Crippen molar-refractivity contribution in [2.75, 3.05) is 6.61 Å². The van der Waals surface area contributed by atoms with Crippen LogP contribution in [-0.4, -0.2) is 6.61 Å². The predicted molar refractivity (Wildman–Crippen MR) is 146 cm³/mol. The summed E-state index contributed by atoms with van der Waals surface area (Å²) in [5, 5.41) is 0. The first kappa shape index (κ1) is 25.1. The van der Waals surface area contributed by atoms with Gasteiger partial charge in [-0.1, -0.05) is 88.1 Å². The molecular formula is C33H46O. The summed E-state index contributed by atoms with van der Waals surface area (Å²) in [5.41, 5.74) is 4.48. The van der Waals surface area contributed by atoms with Gasteiger partial charge in [0, 0.05) is 11.8 Å². The summed E-state index contributed by atoms with van der Waals surface area (Å²) in [6.45, 7) is 5.38. The van der Waals surface area contributed by atoms with Gasteiger partial charge in [-0.3, -0.25) is 0 Å². The average Bonchev–Trinajstić information content (AvgIpc) is 2.89. The Kier molecular flexibility index (Phi) is 9.72. The van der Waals surface area contributed by atoms with Crippen molar-refractivity contribution in [1.82, 2.24) is 0 Å². The Morgan fingerprint density at radius 3 is 2.09 bits per heavy atom. The standard InChI is InChI=1S/C33H46O/c1-3-5-6-8-27-13-23-33(24-14-27)34-25-28-11-17-30(18-12-28)32-21-19-31(20-22-32)29-15-9-26(7-4-2)10-16-29/h11,13-14,17,19-24,26,28-30H,3-10,12,15-16,18,25H2,1-2H3. The van der Waals surface area contributed by atoms with E-state index in [1.54, 1.807) is 5.56 Å². The zero-order chi connectivity index (χ0) is 23.6. The lowest BCUT2D eigenvalue weighted by molar-refractivity contribution is 0.260. The van der Waals surface area contributed by atoms with Gasteiger partial charge < -0.3 is 4.74 Å². The smallest absolute Gasteiger partial charge is 0.119 e. The van der Waals surface area contributed by atoms with E-state index in [9.17, 15) is 0 Å². The maximum atomic E-state index is 6.12. The number of rotatable bonds is 11. The molecule has 0 saturated heterocycles. The maximum absolute atomic E-state index is 6.12. The number of aryl methyl sites for hydroxylation is 1. The molecule has 0 bridgehead atoms. The molecule has 0 aliphatic heterocycles. The molecule has 2 atom stereocenters. The van der Waals surface area contributed by atoms with Crippen molar-refractivity contribution >= 4 is 0 Å². The number of hydrogen-bond acceptors (Lipinski definition) is 1. The first-order valence-electron chi connectivity index (χ1n) is 14.2. The Hall–Kier alpha value is -2.02. The SMILES string of the molecule is CCCCCc1ccc(OCC2C=CC(c3ccc(C4CCC(CCC)CC4)cc3)CC2)cc1. The van der Waals surface area contributed by atoms with Gasteiger partial charge in [0.05, 0.1) is 6.61 Å². The summed E-state index contributed by atoms with van der Waals surface area (Å²) < 4.78 is 6.12. The highest BCUT2D eigenvalue weighted by Gasteiger charge is 2.22. The third-order valence-electron chi connectivity index (χ3n) is 8.30. The molecule has 0 spiro atoms. The number of ether oxygens (including phenoxy) is 1. The fraction of sp³-hybridized carbons (Fsp3) is 0.576.